The van der Waals surface area contributed by atoms with Crippen LogP contribution in [0.25, 0.3) is 0 Å². The lowest BCUT2D eigenvalue weighted by atomic mass is 9.44. The van der Waals surface area contributed by atoms with Crippen LogP contribution >= 0.6 is 0 Å². The fourth-order valence-electron chi connectivity index (χ4n) is 10.1. The fraction of sp³-hybridized carbons (Fsp3) is 0.963. The fourth-order valence-corrected chi connectivity index (χ4v) is 10.1. The van der Waals surface area contributed by atoms with Gasteiger partial charge in [-0.3, -0.25) is 4.79 Å². The first-order valence-electron chi connectivity index (χ1n) is 13.3. The second-order valence-corrected chi connectivity index (χ2v) is 13.2. The van der Waals surface area contributed by atoms with Crippen molar-refractivity contribution in [3.8, 4) is 0 Å². The first kappa shape index (κ1) is 22.0. The average molecular weight is 447 g/mol. The number of hydrogen-bond acceptors (Lipinski definition) is 5. The first-order chi connectivity index (χ1) is 15.1. The Bertz CT molecular complexity index is 789. The van der Waals surface area contributed by atoms with Gasteiger partial charge in [0.25, 0.3) is 0 Å². The van der Waals surface area contributed by atoms with E-state index in [1.807, 2.05) is 0 Å². The Morgan fingerprint density at radius 3 is 2.47 bits per heavy atom. The maximum atomic E-state index is 13.4. The van der Waals surface area contributed by atoms with Crippen molar-refractivity contribution in [3.05, 3.63) is 0 Å². The van der Waals surface area contributed by atoms with E-state index in [1.165, 1.54) is 12.8 Å². The average Bonchev–Trinajstić information content (AvgIpc) is 3.18. The van der Waals surface area contributed by atoms with Crippen molar-refractivity contribution in [1.29, 1.82) is 0 Å². The number of aliphatic hydroxyl groups excluding tert-OH is 2. The molecule has 32 heavy (non-hydrogen) atoms. The van der Waals surface area contributed by atoms with Crippen LogP contribution in [-0.2, 0) is 14.3 Å². The lowest BCUT2D eigenvalue weighted by molar-refractivity contribution is -0.273. The third-order valence-corrected chi connectivity index (χ3v) is 11.7. The maximum absolute atomic E-state index is 13.4. The third kappa shape index (κ3) is 2.74. The highest BCUT2D eigenvalue weighted by Gasteiger charge is 2.70. The summed E-state index contributed by atoms with van der Waals surface area (Å²) in [5.41, 5.74) is 0.00540. The van der Waals surface area contributed by atoms with Gasteiger partial charge in [0.15, 0.2) is 5.79 Å². The van der Waals surface area contributed by atoms with E-state index in [0.717, 1.165) is 25.9 Å². The molecule has 5 heteroatoms. The lowest BCUT2D eigenvalue weighted by Gasteiger charge is -2.61. The highest BCUT2D eigenvalue weighted by molar-refractivity contribution is 5.83. The number of hydrogen-bond donors (Lipinski definition) is 2. The van der Waals surface area contributed by atoms with Crippen LogP contribution in [0.15, 0.2) is 0 Å². The summed E-state index contributed by atoms with van der Waals surface area (Å²) in [4.78, 5) is 13.4. The van der Waals surface area contributed by atoms with E-state index in [9.17, 15) is 15.0 Å². The molecule has 0 amide bonds. The van der Waals surface area contributed by atoms with Crippen LogP contribution in [0.5, 0.6) is 0 Å². The standard InChI is InChI=1S/C27H42O5/c1-14-5-8-27(31-13-14)15(2)24-23(32-27)11-18-16-9-20(28)19-10-21(29)22(30)12-26(19,4)17(16)6-7-25(18,24)3/h14-19,21-24,29-30H,5-13H2,1-4H3/t14-,15+,16-,17+,18+,19?,21+,22-,23+,24+,25+,26-,27-/m1/s1. The molecule has 6 rings (SSSR count). The van der Waals surface area contributed by atoms with Gasteiger partial charge in [0.2, 0.25) is 0 Å². The van der Waals surface area contributed by atoms with Crippen LogP contribution in [-0.4, -0.2) is 46.7 Å². The second-order valence-electron chi connectivity index (χ2n) is 13.2. The minimum absolute atomic E-state index is 0.0940. The molecule has 2 saturated heterocycles. The maximum Gasteiger partial charge on any atom is 0.171 e. The molecule has 0 aromatic rings. The van der Waals surface area contributed by atoms with Gasteiger partial charge in [-0.1, -0.05) is 27.7 Å². The molecule has 0 radical (unpaired) electrons. The van der Waals surface area contributed by atoms with Gasteiger partial charge in [-0.25, -0.2) is 0 Å². The predicted octanol–water partition coefficient (Wildman–Crippen LogP) is 3.94. The summed E-state index contributed by atoms with van der Waals surface area (Å²) in [6.07, 6.45) is 5.97. The minimum Gasteiger partial charge on any atom is -0.390 e. The number of carbonyl (C=O) groups excluding carboxylic acids is 1. The Morgan fingerprint density at radius 2 is 1.75 bits per heavy atom. The van der Waals surface area contributed by atoms with Gasteiger partial charge in [0.1, 0.15) is 5.78 Å². The molecule has 2 aliphatic heterocycles. The molecule has 0 aromatic carbocycles. The van der Waals surface area contributed by atoms with Gasteiger partial charge < -0.3 is 19.7 Å². The summed E-state index contributed by atoms with van der Waals surface area (Å²) < 4.78 is 13.2. The topological polar surface area (TPSA) is 76.0 Å². The van der Waals surface area contributed by atoms with Crippen molar-refractivity contribution in [2.45, 2.75) is 103 Å². The Morgan fingerprint density at radius 1 is 0.969 bits per heavy atom. The van der Waals surface area contributed by atoms with Crippen molar-refractivity contribution in [1.82, 2.24) is 0 Å². The molecule has 6 aliphatic rings. The smallest absolute Gasteiger partial charge is 0.171 e. The molecule has 0 bridgehead atoms. The number of ketones is 1. The van der Waals surface area contributed by atoms with Gasteiger partial charge in [-0.15, -0.1) is 0 Å². The number of ether oxygens (including phenoxy) is 2. The molecule has 1 spiro atoms. The quantitative estimate of drug-likeness (QED) is 0.589. The highest BCUT2D eigenvalue weighted by atomic mass is 16.7. The van der Waals surface area contributed by atoms with Crippen molar-refractivity contribution in [3.63, 3.8) is 0 Å². The van der Waals surface area contributed by atoms with Crippen LogP contribution in [0.1, 0.15) is 79.1 Å². The Labute approximate surface area is 192 Å². The molecular weight excluding hydrogens is 404 g/mol. The van der Waals surface area contributed by atoms with Gasteiger partial charge >= 0.3 is 0 Å². The van der Waals surface area contributed by atoms with Crippen LogP contribution in [0.3, 0.4) is 0 Å². The first-order valence-corrected chi connectivity index (χ1v) is 13.3. The third-order valence-electron chi connectivity index (χ3n) is 11.7. The lowest BCUT2D eigenvalue weighted by Crippen LogP contribution is -2.59. The largest absolute Gasteiger partial charge is 0.390 e. The van der Waals surface area contributed by atoms with Crippen LogP contribution in [0.4, 0.5) is 0 Å². The number of fused-ring (bicyclic) bond motifs is 7. The normalized spacial score (nSPS) is 61.8. The highest BCUT2D eigenvalue weighted by Crippen LogP contribution is 2.71. The van der Waals surface area contributed by atoms with E-state index in [4.69, 9.17) is 9.47 Å². The van der Waals surface area contributed by atoms with E-state index in [-0.39, 0.29) is 22.9 Å². The number of Topliss-reactive ketones (excluding diaryl/α,β-unsaturated/α-hetero) is 1. The van der Waals surface area contributed by atoms with Crippen LogP contribution < -0.4 is 0 Å². The molecule has 4 saturated carbocycles. The summed E-state index contributed by atoms with van der Waals surface area (Å²) in [7, 11) is 0. The van der Waals surface area contributed by atoms with E-state index < -0.39 is 18.0 Å². The van der Waals surface area contributed by atoms with Gasteiger partial charge in [-0.05, 0) is 78.9 Å². The molecule has 6 fully saturated rings. The van der Waals surface area contributed by atoms with Gasteiger partial charge in [0.05, 0.1) is 24.9 Å². The summed E-state index contributed by atoms with van der Waals surface area (Å²) in [5, 5.41) is 20.8. The summed E-state index contributed by atoms with van der Waals surface area (Å²) >= 11 is 0. The zero-order chi connectivity index (χ0) is 22.6. The predicted molar refractivity (Wildman–Crippen MR) is 120 cm³/mol. The van der Waals surface area contributed by atoms with Gasteiger partial charge in [-0.2, -0.15) is 0 Å². The zero-order valence-corrected chi connectivity index (χ0v) is 20.3. The van der Waals surface area contributed by atoms with E-state index >= 15 is 0 Å². The van der Waals surface area contributed by atoms with Crippen molar-refractivity contribution in [2.24, 2.45) is 52.3 Å². The molecule has 2 heterocycles. The van der Waals surface area contributed by atoms with Crippen LogP contribution in [0.2, 0.25) is 0 Å². The van der Waals surface area contributed by atoms with Crippen LogP contribution in [0, 0.1) is 52.3 Å². The monoisotopic (exact) mass is 446 g/mol. The second kappa shape index (κ2) is 7.02. The zero-order valence-electron chi connectivity index (χ0n) is 20.3. The van der Waals surface area contributed by atoms with Crippen molar-refractivity contribution >= 4 is 5.78 Å². The molecular formula is C27H42O5. The van der Waals surface area contributed by atoms with Gasteiger partial charge in [0, 0.05) is 24.7 Å². The van der Waals surface area contributed by atoms with E-state index in [0.29, 0.717) is 60.6 Å². The van der Waals surface area contributed by atoms with Crippen molar-refractivity contribution < 1.29 is 24.5 Å². The Balaban J connectivity index is 1.29. The molecule has 1 unspecified atom stereocenters. The SMILES string of the molecule is C[C@@H]1CC[C@@]2(OC1)O[C@H]1C[C@H]3[C@@H]4CC(=O)C5C[C@H](O)[C@H](O)C[C@]5(C)[C@H]4CC[C@]3(C)[C@H]1[C@@H]2C. The Kier molecular flexibility index (Phi) is 4.83. The minimum atomic E-state index is -0.753. The Hall–Kier alpha value is -0.490. The molecule has 4 aliphatic carbocycles. The van der Waals surface area contributed by atoms with E-state index in [2.05, 4.69) is 27.7 Å². The summed E-state index contributed by atoms with van der Waals surface area (Å²) in [6, 6.07) is 0. The number of aliphatic hydroxyl groups is 2. The van der Waals surface area contributed by atoms with Crippen molar-refractivity contribution in [2.75, 3.05) is 6.61 Å². The van der Waals surface area contributed by atoms with E-state index in [1.54, 1.807) is 0 Å². The summed E-state index contributed by atoms with van der Waals surface area (Å²) in [6.45, 7) is 10.2. The molecule has 180 valence electrons. The molecule has 13 atom stereocenters. The molecule has 5 nitrogen and oxygen atoms in total. The molecule has 2 N–H and O–H groups in total. The number of rotatable bonds is 0. The molecule has 0 aromatic heterocycles. The summed E-state index contributed by atoms with van der Waals surface area (Å²) in [5.74, 6) is 2.69. The number of carbonyl (C=O) groups is 1.